The van der Waals surface area contributed by atoms with Gasteiger partial charge in [-0.25, -0.2) is 0 Å². The number of nitro benzene ring substituents is 1. The number of benzene rings is 1. The average Bonchev–Trinajstić information content (AvgIpc) is 2.42. The van der Waals surface area contributed by atoms with Gasteiger partial charge in [-0.05, 0) is 46.1 Å². The van der Waals surface area contributed by atoms with Crippen molar-refractivity contribution in [1.82, 2.24) is 4.90 Å². The van der Waals surface area contributed by atoms with E-state index in [1.807, 2.05) is 25.9 Å². The Labute approximate surface area is 119 Å². The third kappa shape index (κ3) is 4.31. The summed E-state index contributed by atoms with van der Waals surface area (Å²) in [6.07, 6.45) is 1.55. The van der Waals surface area contributed by atoms with Gasteiger partial charge in [0.1, 0.15) is 12.0 Å². The van der Waals surface area contributed by atoms with Gasteiger partial charge >= 0.3 is 0 Å². The molecule has 110 valence electrons. The lowest BCUT2D eigenvalue weighted by Crippen LogP contribution is -2.27. The highest BCUT2D eigenvalue weighted by molar-refractivity contribution is 5.79. The lowest BCUT2D eigenvalue weighted by molar-refractivity contribution is -0.384. The zero-order valence-corrected chi connectivity index (χ0v) is 12.2. The molecule has 0 N–H and O–H groups in total. The van der Waals surface area contributed by atoms with Gasteiger partial charge in [-0.2, -0.15) is 0 Å². The zero-order valence-electron chi connectivity index (χ0n) is 12.2. The molecule has 1 rings (SSSR count). The maximum Gasteiger partial charge on any atom is 0.293 e. The van der Waals surface area contributed by atoms with Gasteiger partial charge in [-0.1, -0.05) is 0 Å². The fraction of sp³-hybridized carbons (Fsp3) is 0.500. The summed E-state index contributed by atoms with van der Waals surface area (Å²) in [7, 11) is 4.00. The van der Waals surface area contributed by atoms with Crippen LogP contribution in [0.3, 0.4) is 0 Å². The third-order valence-corrected chi connectivity index (χ3v) is 3.09. The molecule has 0 unspecified atom stereocenters. The summed E-state index contributed by atoms with van der Waals surface area (Å²) in [5, 5.41) is 11.1. The highest BCUT2D eigenvalue weighted by Crippen LogP contribution is 2.28. The molecule has 0 bridgehead atoms. The fourth-order valence-electron chi connectivity index (χ4n) is 2.05. The number of nitrogens with zero attached hydrogens (tertiary/aromatic N) is 3. The number of hydrogen-bond acceptors (Lipinski definition) is 5. The standard InChI is InChI=1S/C14H21N3O3/c1-4-16(9-5-8-15(2)3)13-7-6-12(11-18)10-14(13)17(19)20/h6-7,10-11H,4-5,8-9H2,1-3H3. The fourth-order valence-corrected chi connectivity index (χ4v) is 2.05. The first-order valence-corrected chi connectivity index (χ1v) is 6.62. The van der Waals surface area contributed by atoms with Crippen molar-refractivity contribution in [2.75, 3.05) is 38.6 Å². The van der Waals surface area contributed by atoms with Crippen LogP contribution in [0.5, 0.6) is 0 Å². The second kappa shape index (κ2) is 7.59. The molecule has 0 radical (unpaired) electrons. The van der Waals surface area contributed by atoms with Gasteiger partial charge in [-0.15, -0.1) is 0 Å². The molecule has 0 aliphatic carbocycles. The number of hydrogen-bond donors (Lipinski definition) is 0. The molecule has 6 nitrogen and oxygen atoms in total. The van der Waals surface area contributed by atoms with Crippen molar-refractivity contribution in [2.24, 2.45) is 0 Å². The summed E-state index contributed by atoms with van der Waals surface area (Å²) in [5.74, 6) is 0. The van der Waals surface area contributed by atoms with Crippen molar-refractivity contribution in [1.29, 1.82) is 0 Å². The van der Waals surface area contributed by atoms with Crippen LogP contribution >= 0.6 is 0 Å². The smallest absolute Gasteiger partial charge is 0.293 e. The Morgan fingerprint density at radius 1 is 1.30 bits per heavy atom. The molecule has 0 saturated carbocycles. The normalized spacial score (nSPS) is 10.6. The number of carbonyl (C=O) groups excluding carboxylic acids is 1. The number of carbonyl (C=O) groups is 1. The average molecular weight is 279 g/mol. The molecule has 20 heavy (non-hydrogen) atoms. The number of rotatable bonds is 8. The van der Waals surface area contributed by atoms with E-state index in [4.69, 9.17) is 0 Å². The lowest BCUT2D eigenvalue weighted by atomic mass is 10.1. The van der Waals surface area contributed by atoms with E-state index in [-0.39, 0.29) is 5.69 Å². The monoisotopic (exact) mass is 279 g/mol. The van der Waals surface area contributed by atoms with Crippen molar-refractivity contribution in [3.05, 3.63) is 33.9 Å². The van der Waals surface area contributed by atoms with E-state index in [9.17, 15) is 14.9 Å². The third-order valence-electron chi connectivity index (χ3n) is 3.09. The van der Waals surface area contributed by atoms with Crippen LogP contribution in [0.2, 0.25) is 0 Å². The number of anilines is 1. The lowest BCUT2D eigenvalue weighted by Gasteiger charge is -2.23. The molecular weight excluding hydrogens is 258 g/mol. The summed E-state index contributed by atoms with van der Waals surface area (Å²) in [6.45, 7) is 4.33. The Balaban J connectivity index is 2.96. The summed E-state index contributed by atoms with van der Waals surface area (Å²) >= 11 is 0. The van der Waals surface area contributed by atoms with Crippen molar-refractivity contribution in [3.63, 3.8) is 0 Å². The SMILES string of the molecule is CCN(CCCN(C)C)c1ccc(C=O)cc1[N+](=O)[O-]. The van der Waals surface area contributed by atoms with Gasteiger partial charge in [0.25, 0.3) is 5.69 Å². The number of nitro groups is 1. The van der Waals surface area contributed by atoms with E-state index < -0.39 is 4.92 Å². The zero-order chi connectivity index (χ0) is 15.1. The summed E-state index contributed by atoms with van der Waals surface area (Å²) < 4.78 is 0. The van der Waals surface area contributed by atoms with Crippen LogP contribution in [0, 0.1) is 10.1 Å². The van der Waals surface area contributed by atoms with Crippen molar-refractivity contribution < 1.29 is 9.72 Å². The van der Waals surface area contributed by atoms with Gasteiger partial charge < -0.3 is 9.80 Å². The van der Waals surface area contributed by atoms with Gasteiger partial charge in [0.05, 0.1) is 4.92 Å². The van der Waals surface area contributed by atoms with Crippen LogP contribution < -0.4 is 4.90 Å². The largest absolute Gasteiger partial charge is 0.366 e. The predicted octanol–water partition coefficient (Wildman–Crippen LogP) is 2.19. The first kappa shape index (κ1) is 16.1. The van der Waals surface area contributed by atoms with E-state index in [1.165, 1.54) is 6.07 Å². The molecule has 1 aromatic carbocycles. The molecule has 0 aromatic heterocycles. The van der Waals surface area contributed by atoms with E-state index in [1.54, 1.807) is 12.1 Å². The molecule has 0 saturated heterocycles. The number of aldehydes is 1. The minimum absolute atomic E-state index is 0.0127. The van der Waals surface area contributed by atoms with Crippen molar-refractivity contribution in [3.8, 4) is 0 Å². The maximum atomic E-state index is 11.1. The Bertz CT molecular complexity index is 475. The minimum Gasteiger partial charge on any atom is -0.366 e. The molecule has 0 aliphatic rings. The van der Waals surface area contributed by atoms with Crippen LogP contribution in [-0.4, -0.2) is 49.8 Å². The molecule has 0 fully saturated rings. The highest BCUT2D eigenvalue weighted by Gasteiger charge is 2.19. The molecule has 0 aliphatic heterocycles. The van der Waals surface area contributed by atoms with Crippen LogP contribution in [-0.2, 0) is 0 Å². The second-order valence-electron chi connectivity index (χ2n) is 4.86. The minimum atomic E-state index is -0.434. The van der Waals surface area contributed by atoms with Crippen LogP contribution in [0.15, 0.2) is 18.2 Å². The van der Waals surface area contributed by atoms with Gasteiger partial charge in [0.2, 0.25) is 0 Å². The van der Waals surface area contributed by atoms with Crippen molar-refractivity contribution in [2.45, 2.75) is 13.3 Å². The van der Waals surface area contributed by atoms with Crippen LogP contribution in [0.25, 0.3) is 0 Å². The molecule has 0 heterocycles. The first-order chi connectivity index (χ1) is 9.49. The molecular formula is C14H21N3O3. The molecule has 0 amide bonds. The van der Waals surface area contributed by atoms with Gasteiger partial charge in [0.15, 0.2) is 0 Å². The van der Waals surface area contributed by atoms with Gasteiger partial charge in [0, 0.05) is 24.7 Å². The molecule has 0 spiro atoms. The topological polar surface area (TPSA) is 66.7 Å². The maximum absolute atomic E-state index is 11.1. The first-order valence-electron chi connectivity index (χ1n) is 6.62. The van der Waals surface area contributed by atoms with E-state index in [0.29, 0.717) is 24.1 Å². The van der Waals surface area contributed by atoms with Gasteiger partial charge in [-0.3, -0.25) is 14.9 Å². The highest BCUT2D eigenvalue weighted by atomic mass is 16.6. The quantitative estimate of drug-likeness (QED) is 0.414. The molecule has 6 heteroatoms. The summed E-state index contributed by atoms with van der Waals surface area (Å²) in [5.41, 5.74) is 0.882. The van der Waals surface area contributed by atoms with E-state index in [0.717, 1.165) is 19.5 Å². The van der Waals surface area contributed by atoms with E-state index >= 15 is 0 Å². The van der Waals surface area contributed by atoms with E-state index in [2.05, 4.69) is 4.90 Å². The molecule has 1 aromatic rings. The summed E-state index contributed by atoms with van der Waals surface area (Å²) in [4.78, 5) is 25.5. The summed E-state index contributed by atoms with van der Waals surface area (Å²) in [6, 6.07) is 4.60. The van der Waals surface area contributed by atoms with Crippen molar-refractivity contribution >= 4 is 17.7 Å². The Morgan fingerprint density at radius 3 is 2.50 bits per heavy atom. The predicted molar refractivity (Wildman–Crippen MR) is 79.5 cm³/mol. The Hall–Kier alpha value is -1.95. The van der Waals surface area contributed by atoms with Crippen LogP contribution in [0.4, 0.5) is 11.4 Å². The Kier molecular flexibility index (Phi) is 6.11. The second-order valence-corrected chi connectivity index (χ2v) is 4.86. The van der Waals surface area contributed by atoms with Crippen LogP contribution in [0.1, 0.15) is 23.7 Å². The molecule has 0 atom stereocenters. The Morgan fingerprint density at radius 2 is 2.00 bits per heavy atom.